The molecule has 0 aliphatic heterocycles. The Balaban J connectivity index is 2.17. The molecule has 0 saturated heterocycles. The molecule has 11 heavy (non-hydrogen) atoms. The number of carboxylic acid groups (broad SMARTS) is 1. The number of fused-ring (bicyclic) bond motifs is 2. The average Bonchev–Trinajstić information content (AvgIpc) is 2.44. The van der Waals surface area contributed by atoms with Gasteiger partial charge in [0.15, 0.2) is 0 Å². The number of quaternary nitrogens is 1. The highest BCUT2D eigenvalue weighted by Crippen LogP contribution is 2.46. The Morgan fingerprint density at radius 2 is 2.00 bits per heavy atom. The van der Waals surface area contributed by atoms with Crippen LogP contribution in [-0.2, 0) is 4.79 Å². The van der Waals surface area contributed by atoms with Gasteiger partial charge in [0.1, 0.15) is 0 Å². The standard InChI is InChI=1S/C8H13NO2/c9-7-5-2-1-4(3-5)6(7)8(10)11/h4-7H,1-3,9H2,(H,10,11)/t4-,5-,6+,7-/m1/s1. The number of carbonyl (C=O) groups excluding carboxylic acids is 1. The maximum atomic E-state index is 10.7. The molecule has 0 aromatic heterocycles. The van der Waals surface area contributed by atoms with Gasteiger partial charge in [0, 0.05) is 5.92 Å². The van der Waals surface area contributed by atoms with Gasteiger partial charge in [-0.1, -0.05) is 0 Å². The highest BCUT2D eigenvalue weighted by Gasteiger charge is 2.48. The smallest absolute Gasteiger partial charge is 0.0956 e. The van der Waals surface area contributed by atoms with Crippen molar-refractivity contribution in [2.75, 3.05) is 0 Å². The van der Waals surface area contributed by atoms with Gasteiger partial charge in [-0.15, -0.1) is 0 Å². The van der Waals surface area contributed by atoms with Gasteiger partial charge in [0.25, 0.3) is 0 Å². The Morgan fingerprint density at radius 3 is 2.36 bits per heavy atom. The molecule has 62 valence electrons. The fourth-order valence-corrected chi connectivity index (χ4v) is 2.78. The van der Waals surface area contributed by atoms with Crippen molar-refractivity contribution in [1.82, 2.24) is 0 Å². The zero-order valence-corrected chi connectivity index (χ0v) is 6.45. The van der Waals surface area contributed by atoms with Crippen LogP contribution in [0.3, 0.4) is 0 Å². The van der Waals surface area contributed by atoms with Crippen LogP contribution >= 0.6 is 0 Å². The van der Waals surface area contributed by atoms with Gasteiger partial charge in [0.05, 0.1) is 17.9 Å². The minimum absolute atomic E-state index is 0.124. The summed E-state index contributed by atoms with van der Waals surface area (Å²) in [7, 11) is 0. The molecule has 4 atom stereocenters. The third-order valence-electron chi connectivity index (χ3n) is 3.36. The summed E-state index contributed by atoms with van der Waals surface area (Å²) in [6.07, 6.45) is 3.34. The van der Waals surface area contributed by atoms with Gasteiger partial charge in [0.2, 0.25) is 0 Å². The Hall–Kier alpha value is -0.570. The molecule has 0 aromatic carbocycles. The van der Waals surface area contributed by atoms with Crippen molar-refractivity contribution < 1.29 is 15.6 Å². The van der Waals surface area contributed by atoms with Crippen molar-refractivity contribution >= 4 is 5.97 Å². The molecule has 2 aliphatic carbocycles. The first-order chi connectivity index (χ1) is 5.20. The second-order valence-electron chi connectivity index (χ2n) is 3.84. The van der Waals surface area contributed by atoms with Crippen LogP contribution in [0.25, 0.3) is 0 Å². The molecule has 2 rings (SSSR count). The molecule has 2 fully saturated rings. The van der Waals surface area contributed by atoms with Crippen molar-refractivity contribution in [2.24, 2.45) is 17.8 Å². The summed E-state index contributed by atoms with van der Waals surface area (Å²) in [6, 6.07) is 0.124. The van der Waals surface area contributed by atoms with E-state index in [4.69, 9.17) is 0 Å². The minimum Gasteiger partial charge on any atom is -0.550 e. The summed E-state index contributed by atoms with van der Waals surface area (Å²) in [5.74, 6) is -0.165. The molecule has 0 aromatic rings. The topological polar surface area (TPSA) is 67.8 Å². The van der Waals surface area contributed by atoms with Crippen LogP contribution in [0.2, 0.25) is 0 Å². The highest BCUT2D eigenvalue weighted by molar-refractivity contribution is 5.69. The fraction of sp³-hybridized carbons (Fsp3) is 0.875. The van der Waals surface area contributed by atoms with Gasteiger partial charge >= 0.3 is 0 Å². The molecule has 3 heteroatoms. The normalized spacial score (nSPS) is 48.1. The molecule has 0 amide bonds. The van der Waals surface area contributed by atoms with Crippen molar-refractivity contribution in [2.45, 2.75) is 25.3 Å². The van der Waals surface area contributed by atoms with E-state index in [2.05, 4.69) is 5.73 Å². The van der Waals surface area contributed by atoms with Crippen LogP contribution in [-0.4, -0.2) is 12.0 Å². The second kappa shape index (κ2) is 2.21. The van der Waals surface area contributed by atoms with Gasteiger partial charge in [-0.3, -0.25) is 0 Å². The number of aliphatic carboxylic acids is 1. The molecule has 2 aliphatic rings. The van der Waals surface area contributed by atoms with E-state index in [-0.39, 0.29) is 12.0 Å². The lowest BCUT2D eigenvalue weighted by Gasteiger charge is -2.25. The lowest BCUT2D eigenvalue weighted by Crippen LogP contribution is -2.69. The molecular weight excluding hydrogens is 142 g/mol. The monoisotopic (exact) mass is 155 g/mol. The van der Waals surface area contributed by atoms with Crippen LogP contribution in [0.5, 0.6) is 0 Å². The first kappa shape index (κ1) is 7.10. The number of carbonyl (C=O) groups is 1. The molecule has 3 nitrogen and oxygen atoms in total. The molecule has 0 spiro atoms. The lowest BCUT2D eigenvalue weighted by atomic mass is 9.85. The van der Waals surface area contributed by atoms with E-state index in [9.17, 15) is 9.90 Å². The largest absolute Gasteiger partial charge is 0.550 e. The first-order valence-corrected chi connectivity index (χ1v) is 4.24. The van der Waals surface area contributed by atoms with E-state index in [1.165, 1.54) is 6.42 Å². The van der Waals surface area contributed by atoms with E-state index in [1.54, 1.807) is 0 Å². The second-order valence-corrected chi connectivity index (χ2v) is 3.84. The Morgan fingerprint density at radius 1 is 1.36 bits per heavy atom. The van der Waals surface area contributed by atoms with Crippen LogP contribution in [0.15, 0.2) is 0 Å². The molecule has 0 heterocycles. The van der Waals surface area contributed by atoms with E-state index in [0.717, 1.165) is 12.8 Å². The van der Waals surface area contributed by atoms with E-state index in [1.807, 2.05) is 0 Å². The SMILES string of the molecule is [NH3+][C@@H]1[C@@H]2CC[C@H](C2)[C@@H]1C(=O)[O-]. The predicted molar refractivity (Wildman–Crippen MR) is 36.0 cm³/mol. The number of carboxylic acids is 1. The maximum Gasteiger partial charge on any atom is 0.0956 e. The van der Waals surface area contributed by atoms with Crippen LogP contribution < -0.4 is 10.8 Å². The van der Waals surface area contributed by atoms with Gasteiger partial charge < -0.3 is 15.6 Å². The summed E-state index contributed by atoms with van der Waals surface area (Å²) in [4.78, 5) is 10.7. The van der Waals surface area contributed by atoms with Crippen molar-refractivity contribution in [3.63, 3.8) is 0 Å². The third kappa shape index (κ3) is 0.872. The number of rotatable bonds is 1. The fourth-order valence-electron chi connectivity index (χ4n) is 2.78. The number of hydrogen-bond acceptors (Lipinski definition) is 2. The summed E-state index contributed by atoms with van der Waals surface area (Å²) >= 11 is 0. The highest BCUT2D eigenvalue weighted by atomic mass is 16.4. The van der Waals surface area contributed by atoms with E-state index < -0.39 is 5.97 Å². The van der Waals surface area contributed by atoms with Crippen molar-refractivity contribution in [3.8, 4) is 0 Å². The average molecular weight is 155 g/mol. The van der Waals surface area contributed by atoms with Crippen LogP contribution in [0.1, 0.15) is 19.3 Å². The van der Waals surface area contributed by atoms with Crippen LogP contribution in [0.4, 0.5) is 0 Å². The minimum atomic E-state index is -0.878. The Labute approximate surface area is 65.6 Å². The zero-order chi connectivity index (χ0) is 8.01. The zero-order valence-electron chi connectivity index (χ0n) is 6.45. The maximum absolute atomic E-state index is 10.7. The summed E-state index contributed by atoms with van der Waals surface area (Å²) in [5.41, 5.74) is 3.90. The van der Waals surface area contributed by atoms with Crippen molar-refractivity contribution in [1.29, 1.82) is 0 Å². The van der Waals surface area contributed by atoms with Crippen LogP contribution in [0, 0.1) is 17.8 Å². The van der Waals surface area contributed by atoms with Crippen molar-refractivity contribution in [3.05, 3.63) is 0 Å². The molecule has 2 saturated carbocycles. The molecule has 0 radical (unpaired) electrons. The van der Waals surface area contributed by atoms with E-state index >= 15 is 0 Å². The van der Waals surface area contributed by atoms with Gasteiger partial charge in [-0.05, 0) is 25.2 Å². The number of hydrogen-bond donors (Lipinski definition) is 1. The van der Waals surface area contributed by atoms with E-state index in [0.29, 0.717) is 11.8 Å². The summed E-state index contributed by atoms with van der Waals surface area (Å²) in [6.45, 7) is 0. The third-order valence-corrected chi connectivity index (χ3v) is 3.36. The van der Waals surface area contributed by atoms with Gasteiger partial charge in [-0.2, -0.15) is 0 Å². The lowest BCUT2D eigenvalue weighted by molar-refractivity contribution is -0.446. The Bertz CT molecular complexity index is 191. The first-order valence-electron chi connectivity index (χ1n) is 4.24. The molecule has 2 bridgehead atoms. The quantitative estimate of drug-likeness (QED) is 0.495. The van der Waals surface area contributed by atoms with Gasteiger partial charge in [-0.25, -0.2) is 0 Å². The molecule has 3 N–H and O–H groups in total. The molecular formula is C8H13NO2. The Kier molecular flexibility index (Phi) is 1.42. The summed E-state index contributed by atoms with van der Waals surface area (Å²) < 4.78 is 0. The predicted octanol–water partition coefficient (Wildman–Crippen LogP) is -1.61. The molecule has 0 unspecified atom stereocenters. The summed E-state index contributed by atoms with van der Waals surface area (Å²) in [5, 5.41) is 10.7.